The number of ether oxygens (including phenoxy) is 2. The van der Waals surface area contributed by atoms with Crippen LogP contribution >= 0.6 is 0 Å². The summed E-state index contributed by atoms with van der Waals surface area (Å²) in [6.45, 7) is -0.420. The second kappa shape index (κ2) is 6.38. The summed E-state index contributed by atoms with van der Waals surface area (Å²) in [6.07, 6.45) is 6.82. The SMILES string of the molecule is COc1cc(CO)c([N+](=O)[O-])cc1OC1C=CCCC1. The molecule has 1 aromatic rings. The molecule has 1 unspecified atom stereocenters. The average Bonchev–Trinajstić information content (AvgIpc) is 2.47. The molecule has 20 heavy (non-hydrogen) atoms. The minimum Gasteiger partial charge on any atom is -0.493 e. The van der Waals surface area contributed by atoms with Crippen LogP contribution in [0, 0.1) is 10.1 Å². The van der Waals surface area contributed by atoms with Crippen LogP contribution in [0.3, 0.4) is 0 Å². The van der Waals surface area contributed by atoms with Gasteiger partial charge in [0.25, 0.3) is 5.69 Å². The van der Waals surface area contributed by atoms with Gasteiger partial charge in [-0.3, -0.25) is 10.1 Å². The van der Waals surface area contributed by atoms with E-state index in [4.69, 9.17) is 9.47 Å². The molecule has 0 radical (unpaired) electrons. The molecule has 0 amide bonds. The minimum absolute atomic E-state index is 0.0998. The van der Waals surface area contributed by atoms with E-state index in [9.17, 15) is 15.2 Å². The first kappa shape index (κ1) is 14.3. The summed E-state index contributed by atoms with van der Waals surface area (Å²) < 4.78 is 11.0. The van der Waals surface area contributed by atoms with Crippen molar-refractivity contribution < 1.29 is 19.5 Å². The fraction of sp³-hybridized carbons (Fsp3) is 0.429. The molecule has 1 aromatic carbocycles. The quantitative estimate of drug-likeness (QED) is 0.509. The molecular weight excluding hydrogens is 262 g/mol. The van der Waals surface area contributed by atoms with Gasteiger partial charge in [-0.15, -0.1) is 0 Å². The Morgan fingerprint density at radius 2 is 2.25 bits per heavy atom. The van der Waals surface area contributed by atoms with Crippen LogP contribution in [0.5, 0.6) is 11.5 Å². The van der Waals surface area contributed by atoms with Crippen molar-refractivity contribution in [2.45, 2.75) is 32.0 Å². The lowest BCUT2D eigenvalue weighted by Gasteiger charge is -2.20. The third kappa shape index (κ3) is 3.08. The monoisotopic (exact) mass is 279 g/mol. The molecular formula is C14H17NO5. The van der Waals surface area contributed by atoms with Gasteiger partial charge in [0, 0.05) is 0 Å². The Morgan fingerprint density at radius 1 is 1.45 bits per heavy atom. The second-order valence-electron chi connectivity index (χ2n) is 4.56. The van der Waals surface area contributed by atoms with E-state index in [-0.39, 0.29) is 17.4 Å². The maximum absolute atomic E-state index is 11.0. The first-order valence-electron chi connectivity index (χ1n) is 6.45. The third-order valence-corrected chi connectivity index (χ3v) is 3.22. The van der Waals surface area contributed by atoms with Crippen LogP contribution in [0.1, 0.15) is 24.8 Å². The van der Waals surface area contributed by atoms with E-state index in [2.05, 4.69) is 0 Å². The number of aliphatic hydroxyl groups excluding tert-OH is 1. The predicted octanol–water partition coefficient (Wildman–Crippen LogP) is 2.58. The molecule has 108 valence electrons. The summed E-state index contributed by atoms with van der Waals surface area (Å²) in [7, 11) is 1.46. The van der Waals surface area contributed by atoms with Gasteiger partial charge in [0.1, 0.15) is 6.10 Å². The Hall–Kier alpha value is -2.08. The second-order valence-corrected chi connectivity index (χ2v) is 4.56. The van der Waals surface area contributed by atoms with Crippen molar-refractivity contribution in [3.8, 4) is 11.5 Å². The van der Waals surface area contributed by atoms with Crippen LogP contribution in [-0.4, -0.2) is 23.2 Å². The number of nitro benzene ring substituents is 1. The highest BCUT2D eigenvalue weighted by molar-refractivity contribution is 5.54. The van der Waals surface area contributed by atoms with Gasteiger partial charge in [0.2, 0.25) is 0 Å². The standard InChI is InChI=1S/C14H17NO5/c1-19-13-7-10(9-16)12(15(17)18)8-14(13)20-11-5-3-2-4-6-11/h3,5,7-8,11,16H,2,4,6,9H2,1H3. The highest BCUT2D eigenvalue weighted by Crippen LogP contribution is 2.36. The van der Waals surface area contributed by atoms with Gasteiger partial charge < -0.3 is 14.6 Å². The lowest BCUT2D eigenvalue weighted by atomic mass is 10.1. The van der Waals surface area contributed by atoms with E-state index in [1.54, 1.807) is 0 Å². The Kier molecular flexibility index (Phi) is 4.57. The lowest BCUT2D eigenvalue weighted by molar-refractivity contribution is -0.386. The molecule has 0 bridgehead atoms. The summed E-state index contributed by atoms with van der Waals surface area (Å²) in [5.41, 5.74) is 0.0430. The fourth-order valence-electron chi connectivity index (χ4n) is 2.18. The molecule has 1 atom stereocenters. The molecule has 0 spiro atoms. The Bertz CT molecular complexity index is 527. The van der Waals surface area contributed by atoms with E-state index in [1.165, 1.54) is 19.2 Å². The number of aliphatic hydroxyl groups is 1. The topological polar surface area (TPSA) is 81.8 Å². The lowest BCUT2D eigenvalue weighted by Crippen LogP contribution is -2.16. The summed E-state index contributed by atoms with van der Waals surface area (Å²) in [4.78, 5) is 10.5. The van der Waals surface area contributed by atoms with Crippen molar-refractivity contribution in [1.29, 1.82) is 0 Å². The maximum atomic E-state index is 11.0. The molecule has 0 saturated heterocycles. The molecule has 0 aromatic heterocycles. The number of hydrogen-bond acceptors (Lipinski definition) is 5. The first-order chi connectivity index (χ1) is 9.65. The van der Waals surface area contributed by atoms with Crippen molar-refractivity contribution in [1.82, 2.24) is 0 Å². The third-order valence-electron chi connectivity index (χ3n) is 3.22. The Labute approximate surface area is 116 Å². The normalized spacial score (nSPS) is 17.8. The zero-order valence-corrected chi connectivity index (χ0v) is 11.2. The number of methoxy groups -OCH3 is 1. The van der Waals surface area contributed by atoms with Gasteiger partial charge in [0.15, 0.2) is 11.5 Å². The molecule has 0 fully saturated rings. The number of benzene rings is 1. The van der Waals surface area contributed by atoms with Crippen molar-refractivity contribution in [3.05, 3.63) is 40.0 Å². The number of nitrogens with zero attached hydrogens (tertiary/aromatic N) is 1. The number of nitro groups is 1. The summed E-state index contributed by atoms with van der Waals surface area (Å²) in [5.74, 6) is 0.714. The molecule has 6 nitrogen and oxygen atoms in total. The molecule has 0 heterocycles. The van der Waals surface area contributed by atoms with Crippen LogP contribution in [-0.2, 0) is 6.61 Å². The number of hydrogen-bond donors (Lipinski definition) is 1. The van der Waals surface area contributed by atoms with E-state index >= 15 is 0 Å². The van der Waals surface area contributed by atoms with Crippen LogP contribution in [0.15, 0.2) is 24.3 Å². The number of rotatable bonds is 5. The molecule has 1 aliphatic carbocycles. The molecule has 1 N–H and O–H groups in total. The zero-order valence-electron chi connectivity index (χ0n) is 11.2. The van der Waals surface area contributed by atoms with Gasteiger partial charge in [-0.2, -0.15) is 0 Å². The Balaban J connectivity index is 2.34. The molecule has 1 aliphatic rings. The van der Waals surface area contributed by atoms with Crippen molar-refractivity contribution in [3.63, 3.8) is 0 Å². The summed E-state index contributed by atoms with van der Waals surface area (Å²) in [6, 6.07) is 2.76. The van der Waals surface area contributed by atoms with Crippen LogP contribution in [0.25, 0.3) is 0 Å². The first-order valence-corrected chi connectivity index (χ1v) is 6.45. The van der Waals surface area contributed by atoms with E-state index in [1.807, 2.05) is 12.2 Å². The maximum Gasteiger partial charge on any atom is 0.278 e. The molecule has 0 aliphatic heterocycles. The Morgan fingerprint density at radius 3 is 2.80 bits per heavy atom. The van der Waals surface area contributed by atoms with E-state index in [0.29, 0.717) is 11.5 Å². The summed E-state index contributed by atoms with van der Waals surface area (Å²) >= 11 is 0. The predicted molar refractivity (Wildman–Crippen MR) is 73.0 cm³/mol. The largest absolute Gasteiger partial charge is 0.493 e. The van der Waals surface area contributed by atoms with Gasteiger partial charge in [0.05, 0.1) is 30.3 Å². The number of allylic oxidation sites excluding steroid dienone is 1. The zero-order chi connectivity index (χ0) is 14.5. The molecule has 0 saturated carbocycles. The van der Waals surface area contributed by atoms with Gasteiger partial charge in [-0.1, -0.05) is 6.08 Å². The highest BCUT2D eigenvalue weighted by atomic mass is 16.6. The van der Waals surface area contributed by atoms with E-state index < -0.39 is 11.5 Å². The molecule has 2 rings (SSSR count). The van der Waals surface area contributed by atoms with Crippen molar-refractivity contribution >= 4 is 5.69 Å². The minimum atomic E-state index is -0.533. The van der Waals surface area contributed by atoms with Crippen LogP contribution < -0.4 is 9.47 Å². The van der Waals surface area contributed by atoms with Crippen molar-refractivity contribution in [2.24, 2.45) is 0 Å². The summed E-state index contributed by atoms with van der Waals surface area (Å²) in [5, 5.41) is 20.2. The van der Waals surface area contributed by atoms with Crippen LogP contribution in [0.4, 0.5) is 5.69 Å². The van der Waals surface area contributed by atoms with Gasteiger partial charge in [-0.25, -0.2) is 0 Å². The van der Waals surface area contributed by atoms with Crippen molar-refractivity contribution in [2.75, 3.05) is 7.11 Å². The van der Waals surface area contributed by atoms with Gasteiger partial charge >= 0.3 is 0 Å². The fourth-order valence-corrected chi connectivity index (χ4v) is 2.18. The molecule has 6 heteroatoms. The van der Waals surface area contributed by atoms with E-state index in [0.717, 1.165) is 19.3 Å². The smallest absolute Gasteiger partial charge is 0.278 e. The average molecular weight is 279 g/mol. The van der Waals surface area contributed by atoms with Crippen LogP contribution in [0.2, 0.25) is 0 Å². The van der Waals surface area contributed by atoms with Gasteiger partial charge in [-0.05, 0) is 31.4 Å². The highest BCUT2D eigenvalue weighted by Gasteiger charge is 2.21.